The number of halogens is 1. The van der Waals surface area contributed by atoms with Gasteiger partial charge in [-0.25, -0.2) is 4.98 Å². The van der Waals surface area contributed by atoms with Crippen LogP contribution in [-0.4, -0.2) is 16.0 Å². The van der Waals surface area contributed by atoms with Gasteiger partial charge in [0, 0.05) is 11.6 Å². The van der Waals surface area contributed by atoms with Crippen molar-refractivity contribution in [3.8, 4) is 0 Å². The second-order valence-corrected chi connectivity index (χ2v) is 5.16. The lowest BCUT2D eigenvalue weighted by Crippen LogP contribution is -2.34. The molecule has 0 radical (unpaired) electrons. The van der Waals surface area contributed by atoms with E-state index in [1.165, 1.54) is 0 Å². The minimum absolute atomic E-state index is 0.111. The number of hydrogen-bond acceptors (Lipinski definition) is 4. The van der Waals surface area contributed by atoms with Crippen molar-refractivity contribution in [2.45, 2.75) is 0 Å². The Balaban J connectivity index is 1.71. The lowest BCUT2D eigenvalue weighted by Gasteiger charge is -2.09. The molecular formula is C15H10ClN3O2S. The van der Waals surface area contributed by atoms with E-state index in [2.05, 4.69) is 15.6 Å². The Morgan fingerprint density at radius 2 is 2.05 bits per heavy atom. The summed E-state index contributed by atoms with van der Waals surface area (Å²) in [6.45, 7) is 0. The molecular weight excluding hydrogens is 322 g/mol. The van der Waals surface area contributed by atoms with Gasteiger partial charge in [0.25, 0.3) is 5.91 Å². The number of furan rings is 1. The third-order valence-electron chi connectivity index (χ3n) is 2.88. The quantitative estimate of drug-likeness (QED) is 0.554. The summed E-state index contributed by atoms with van der Waals surface area (Å²) in [5.74, 6) is -0.253. The topological polar surface area (TPSA) is 67.2 Å². The number of para-hydroxylation sites is 1. The number of fused-ring (bicyclic) bond motifs is 1. The fourth-order valence-electron chi connectivity index (χ4n) is 1.89. The molecule has 2 N–H and O–H groups in total. The van der Waals surface area contributed by atoms with Crippen LogP contribution in [-0.2, 0) is 0 Å². The Bertz CT molecular complexity index is 830. The molecule has 0 aliphatic heterocycles. The number of thiocarbonyl (C=S) groups is 1. The highest BCUT2D eigenvalue weighted by Crippen LogP contribution is 2.19. The monoisotopic (exact) mass is 331 g/mol. The second-order valence-electron chi connectivity index (χ2n) is 4.40. The zero-order valence-electron chi connectivity index (χ0n) is 11.2. The van der Waals surface area contributed by atoms with E-state index >= 15 is 0 Å². The Morgan fingerprint density at radius 1 is 1.23 bits per heavy atom. The van der Waals surface area contributed by atoms with Crippen LogP contribution in [0.25, 0.3) is 11.0 Å². The van der Waals surface area contributed by atoms with Gasteiger partial charge in [-0.15, -0.1) is 0 Å². The summed E-state index contributed by atoms with van der Waals surface area (Å²) in [6.07, 6.45) is 1.56. The van der Waals surface area contributed by atoms with Gasteiger partial charge in [-0.1, -0.05) is 29.8 Å². The molecule has 1 amide bonds. The smallest absolute Gasteiger partial charge is 0.293 e. The summed E-state index contributed by atoms with van der Waals surface area (Å²) < 4.78 is 5.47. The van der Waals surface area contributed by atoms with Crippen LogP contribution < -0.4 is 10.6 Å². The maximum Gasteiger partial charge on any atom is 0.293 e. The van der Waals surface area contributed by atoms with E-state index in [9.17, 15) is 4.79 Å². The van der Waals surface area contributed by atoms with Gasteiger partial charge in [0.05, 0.1) is 5.69 Å². The zero-order chi connectivity index (χ0) is 15.5. The number of carbonyl (C=O) groups excluding carboxylic acids is 1. The molecule has 0 spiro atoms. The first-order chi connectivity index (χ1) is 10.6. The number of benzene rings is 1. The van der Waals surface area contributed by atoms with Gasteiger partial charge in [-0.2, -0.15) is 0 Å². The van der Waals surface area contributed by atoms with Gasteiger partial charge >= 0.3 is 0 Å². The number of anilines is 1. The number of pyridine rings is 1. The summed E-state index contributed by atoms with van der Waals surface area (Å²) in [4.78, 5) is 16.0. The van der Waals surface area contributed by atoms with Gasteiger partial charge < -0.3 is 9.73 Å². The van der Waals surface area contributed by atoms with E-state index in [-0.39, 0.29) is 16.0 Å². The molecule has 1 aromatic carbocycles. The summed E-state index contributed by atoms with van der Waals surface area (Å²) in [5, 5.41) is 6.57. The first-order valence-corrected chi connectivity index (χ1v) is 7.13. The van der Waals surface area contributed by atoms with Crippen LogP contribution in [0, 0.1) is 0 Å². The number of aromatic nitrogens is 1. The highest BCUT2D eigenvalue weighted by Gasteiger charge is 2.14. The zero-order valence-corrected chi connectivity index (χ0v) is 12.7. The molecule has 0 aliphatic rings. The minimum atomic E-state index is -0.436. The molecule has 5 nitrogen and oxygen atoms in total. The van der Waals surface area contributed by atoms with E-state index in [0.29, 0.717) is 11.3 Å². The Hall–Kier alpha value is -2.44. The average molecular weight is 332 g/mol. The summed E-state index contributed by atoms with van der Waals surface area (Å²) >= 11 is 11.0. The molecule has 2 aromatic heterocycles. The molecule has 22 heavy (non-hydrogen) atoms. The SMILES string of the molecule is O=C(NC(=S)Nc1cccnc1Cl)c1cc2ccccc2o1. The van der Waals surface area contributed by atoms with Gasteiger partial charge in [0.1, 0.15) is 5.58 Å². The Labute approximate surface area is 136 Å². The highest BCUT2D eigenvalue weighted by molar-refractivity contribution is 7.80. The lowest BCUT2D eigenvalue weighted by atomic mass is 10.2. The van der Waals surface area contributed by atoms with Gasteiger partial charge in [-0.3, -0.25) is 10.1 Å². The van der Waals surface area contributed by atoms with Crippen LogP contribution in [0.4, 0.5) is 5.69 Å². The van der Waals surface area contributed by atoms with Crippen molar-refractivity contribution < 1.29 is 9.21 Å². The normalized spacial score (nSPS) is 10.4. The molecule has 0 bridgehead atoms. The number of hydrogen-bond donors (Lipinski definition) is 2. The molecule has 110 valence electrons. The van der Waals surface area contributed by atoms with Crippen molar-refractivity contribution in [3.63, 3.8) is 0 Å². The third-order valence-corrected chi connectivity index (χ3v) is 3.39. The third kappa shape index (κ3) is 3.08. The van der Waals surface area contributed by atoms with E-state index in [1.807, 2.05) is 18.2 Å². The van der Waals surface area contributed by atoms with Crippen LogP contribution in [0.15, 0.2) is 53.1 Å². The number of nitrogens with zero attached hydrogens (tertiary/aromatic N) is 1. The first-order valence-electron chi connectivity index (χ1n) is 6.35. The lowest BCUT2D eigenvalue weighted by molar-refractivity contribution is 0.0953. The van der Waals surface area contributed by atoms with Crippen molar-refractivity contribution >= 4 is 51.5 Å². The van der Waals surface area contributed by atoms with Gasteiger partial charge in [0.2, 0.25) is 0 Å². The number of amides is 1. The summed E-state index contributed by atoms with van der Waals surface area (Å²) in [6, 6.07) is 12.4. The average Bonchev–Trinajstić information content (AvgIpc) is 2.93. The molecule has 0 aliphatic carbocycles. The van der Waals surface area contributed by atoms with Gasteiger partial charge in [-0.05, 0) is 36.5 Å². The fourth-order valence-corrected chi connectivity index (χ4v) is 2.26. The maximum atomic E-state index is 12.1. The minimum Gasteiger partial charge on any atom is -0.451 e. The fraction of sp³-hybridized carbons (Fsp3) is 0. The number of rotatable bonds is 2. The molecule has 2 heterocycles. The predicted octanol–water partition coefficient (Wildman–Crippen LogP) is 3.61. The van der Waals surface area contributed by atoms with Crippen molar-refractivity contribution in [2.75, 3.05) is 5.32 Å². The highest BCUT2D eigenvalue weighted by atomic mass is 35.5. The first kappa shape index (κ1) is 14.5. The van der Waals surface area contributed by atoms with E-state index < -0.39 is 5.91 Å². The van der Waals surface area contributed by atoms with Crippen molar-refractivity contribution in [1.29, 1.82) is 0 Å². The van der Waals surface area contributed by atoms with E-state index in [1.54, 1.807) is 30.5 Å². The predicted molar refractivity (Wildman–Crippen MR) is 89.1 cm³/mol. The molecule has 0 fully saturated rings. The standard InChI is InChI=1S/C15H10ClN3O2S/c16-13-10(5-3-7-17-13)18-15(22)19-14(20)12-8-9-4-1-2-6-11(9)21-12/h1-8H,(H2,18,19,20,22). The second kappa shape index (κ2) is 6.13. The van der Waals surface area contributed by atoms with Crippen LogP contribution in [0.2, 0.25) is 5.15 Å². The molecule has 0 atom stereocenters. The molecule has 0 saturated carbocycles. The Kier molecular flexibility index (Phi) is 4.04. The van der Waals surface area contributed by atoms with Crippen molar-refractivity contribution in [2.24, 2.45) is 0 Å². The summed E-state index contributed by atoms with van der Waals surface area (Å²) in [7, 11) is 0. The van der Waals surface area contributed by atoms with Gasteiger partial charge in [0.15, 0.2) is 16.0 Å². The van der Waals surface area contributed by atoms with Crippen molar-refractivity contribution in [3.05, 3.63) is 59.6 Å². The van der Waals surface area contributed by atoms with E-state index in [0.717, 1.165) is 5.39 Å². The molecule has 0 unspecified atom stereocenters. The largest absolute Gasteiger partial charge is 0.451 e. The van der Waals surface area contributed by atoms with E-state index in [4.69, 9.17) is 28.2 Å². The Morgan fingerprint density at radius 3 is 2.82 bits per heavy atom. The molecule has 0 saturated heterocycles. The molecule has 3 rings (SSSR count). The van der Waals surface area contributed by atoms with Crippen molar-refractivity contribution in [1.82, 2.24) is 10.3 Å². The summed E-state index contributed by atoms with van der Waals surface area (Å²) in [5.41, 5.74) is 1.15. The number of carbonyl (C=O) groups is 1. The van der Waals surface area contributed by atoms with Crippen LogP contribution >= 0.6 is 23.8 Å². The number of nitrogens with one attached hydrogen (secondary N) is 2. The molecule has 7 heteroatoms. The molecule has 3 aromatic rings. The van der Waals surface area contributed by atoms with Crippen LogP contribution in [0.3, 0.4) is 0 Å². The van der Waals surface area contributed by atoms with Crippen LogP contribution in [0.5, 0.6) is 0 Å². The maximum absolute atomic E-state index is 12.1. The van der Waals surface area contributed by atoms with Crippen LogP contribution in [0.1, 0.15) is 10.6 Å².